The Balaban J connectivity index is 2.41. The van der Waals surface area contributed by atoms with Crippen LogP contribution in [0.25, 0.3) is 0 Å². The first-order valence-corrected chi connectivity index (χ1v) is 6.41. The molecular weight excluding hydrogens is 212 g/mol. The van der Waals surface area contributed by atoms with Gasteiger partial charge < -0.3 is 5.11 Å². The highest BCUT2D eigenvalue weighted by molar-refractivity contribution is 5.81. The van der Waals surface area contributed by atoms with Crippen molar-refractivity contribution < 1.29 is 9.90 Å². The van der Waals surface area contributed by atoms with Crippen molar-refractivity contribution in [2.75, 3.05) is 0 Å². The smallest absolute Gasteiger partial charge is 0.154 e. The molecule has 0 aliphatic carbocycles. The largest absolute Gasteiger partial charge is 0.507 e. The monoisotopic (exact) mass is 234 g/mol. The Morgan fingerprint density at radius 2 is 2.00 bits per heavy atom. The summed E-state index contributed by atoms with van der Waals surface area (Å²) in [6.45, 7) is 4.47. The molecule has 0 atom stereocenters. The fourth-order valence-electron chi connectivity index (χ4n) is 2.00. The maximum atomic E-state index is 10.9. The highest BCUT2D eigenvalue weighted by Crippen LogP contribution is 2.21. The second-order valence-electron chi connectivity index (χ2n) is 4.96. The number of unbranched alkanes of at least 4 members (excludes halogenated alkanes) is 2. The summed E-state index contributed by atoms with van der Waals surface area (Å²) in [5, 5.41) is 9.54. The molecule has 0 saturated carbocycles. The Morgan fingerprint density at radius 1 is 1.24 bits per heavy atom. The predicted molar refractivity (Wildman–Crippen MR) is 70.5 cm³/mol. The van der Waals surface area contributed by atoms with Crippen molar-refractivity contribution in [1.29, 1.82) is 0 Å². The molecule has 0 aliphatic heterocycles. The SMILES string of the molecule is CC(C)CCCCCc1cccc(O)c1C=O. The average Bonchev–Trinajstić information content (AvgIpc) is 2.28. The van der Waals surface area contributed by atoms with Crippen molar-refractivity contribution in [3.05, 3.63) is 29.3 Å². The van der Waals surface area contributed by atoms with Gasteiger partial charge in [-0.2, -0.15) is 0 Å². The molecule has 0 fully saturated rings. The summed E-state index contributed by atoms with van der Waals surface area (Å²) in [7, 11) is 0. The molecule has 0 heterocycles. The Kier molecular flexibility index (Phi) is 5.75. The van der Waals surface area contributed by atoms with E-state index < -0.39 is 0 Å². The van der Waals surface area contributed by atoms with Crippen LogP contribution >= 0.6 is 0 Å². The number of aryl methyl sites for hydroxylation is 1. The fourth-order valence-corrected chi connectivity index (χ4v) is 2.00. The molecular formula is C15H22O2. The zero-order chi connectivity index (χ0) is 12.7. The van der Waals surface area contributed by atoms with Gasteiger partial charge in [0.2, 0.25) is 0 Å². The molecule has 1 aromatic carbocycles. The van der Waals surface area contributed by atoms with Gasteiger partial charge in [0, 0.05) is 0 Å². The maximum absolute atomic E-state index is 10.9. The van der Waals surface area contributed by atoms with E-state index in [1.165, 1.54) is 19.3 Å². The molecule has 17 heavy (non-hydrogen) atoms. The standard InChI is InChI=1S/C15H22O2/c1-12(2)7-4-3-5-8-13-9-6-10-15(17)14(13)11-16/h6,9-12,17H,3-5,7-8H2,1-2H3. The van der Waals surface area contributed by atoms with Crippen LogP contribution in [0.2, 0.25) is 0 Å². The quantitative estimate of drug-likeness (QED) is 0.572. The second-order valence-corrected chi connectivity index (χ2v) is 4.96. The molecule has 1 N–H and O–H groups in total. The van der Waals surface area contributed by atoms with E-state index in [2.05, 4.69) is 13.8 Å². The number of phenols is 1. The van der Waals surface area contributed by atoms with E-state index in [0.29, 0.717) is 5.56 Å². The van der Waals surface area contributed by atoms with Gasteiger partial charge in [-0.1, -0.05) is 45.2 Å². The number of rotatable bonds is 7. The lowest BCUT2D eigenvalue weighted by atomic mass is 9.99. The molecule has 2 heteroatoms. The molecule has 0 aliphatic rings. The molecule has 0 saturated heterocycles. The second kappa shape index (κ2) is 7.10. The Bertz CT molecular complexity index is 356. The van der Waals surface area contributed by atoms with E-state index in [0.717, 1.165) is 30.6 Å². The number of phenolic OH excluding ortho intramolecular Hbond substituents is 1. The molecule has 1 rings (SSSR count). The minimum atomic E-state index is 0.0969. The first-order valence-electron chi connectivity index (χ1n) is 6.41. The van der Waals surface area contributed by atoms with Gasteiger partial charge in [-0.05, 0) is 30.4 Å². The highest BCUT2D eigenvalue weighted by Gasteiger charge is 2.06. The molecule has 0 unspecified atom stereocenters. The van der Waals surface area contributed by atoms with Gasteiger partial charge >= 0.3 is 0 Å². The van der Waals surface area contributed by atoms with Crippen LogP contribution < -0.4 is 0 Å². The minimum absolute atomic E-state index is 0.0969. The Morgan fingerprint density at radius 3 is 2.65 bits per heavy atom. The van der Waals surface area contributed by atoms with Gasteiger partial charge in [-0.3, -0.25) is 4.79 Å². The summed E-state index contributed by atoms with van der Waals surface area (Å²) < 4.78 is 0. The van der Waals surface area contributed by atoms with E-state index >= 15 is 0 Å². The molecule has 0 amide bonds. The zero-order valence-corrected chi connectivity index (χ0v) is 10.8. The van der Waals surface area contributed by atoms with Crippen molar-refractivity contribution in [1.82, 2.24) is 0 Å². The zero-order valence-electron chi connectivity index (χ0n) is 10.8. The first-order chi connectivity index (χ1) is 8.15. The number of hydrogen-bond acceptors (Lipinski definition) is 2. The van der Waals surface area contributed by atoms with Crippen LogP contribution in [0.4, 0.5) is 0 Å². The van der Waals surface area contributed by atoms with E-state index in [1.54, 1.807) is 12.1 Å². The molecule has 1 aromatic rings. The number of carbonyl (C=O) groups excluding carboxylic acids is 1. The number of carbonyl (C=O) groups is 1. The summed E-state index contributed by atoms with van der Waals surface area (Å²) in [6.07, 6.45) is 6.40. The van der Waals surface area contributed by atoms with E-state index in [9.17, 15) is 9.90 Å². The molecule has 2 nitrogen and oxygen atoms in total. The lowest BCUT2D eigenvalue weighted by Gasteiger charge is -2.07. The van der Waals surface area contributed by atoms with Crippen molar-refractivity contribution in [2.45, 2.75) is 46.0 Å². The van der Waals surface area contributed by atoms with Crippen molar-refractivity contribution in [3.63, 3.8) is 0 Å². The van der Waals surface area contributed by atoms with Crippen LogP contribution in [0.15, 0.2) is 18.2 Å². The molecule has 0 radical (unpaired) electrons. The third kappa shape index (κ3) is 4.59. The molecule has 0 aromatic heterocycles. The van der Waals surface area contributed by atoms with Gasteiger partial charge in [0.15, 0.2) is 6.29 Å². The Labute approximate surface area is 104 Å². The average molecular weight is 234 g/mol. The summed E-state index contributed by atoms with van der Waals surface area (Å²) >= 11 is 0. The first kappa shape index (κ1) is 13.8. The fraction of sp³-hybridized carbons (Fsp3) is 0.533. The topological polar surface area (TPSA) is 37.3 Å². The van der Waals surface area contributed by atoms with Crippen LogP contribution in [-0.2, 0) is 6.42 Å². The molecule has 0 bridgehead atoms. The van der Waals surface area contributed by atoms with Crippen molar-refractivity contribution in [2.24, 2.45) is 5.92 Å². The molecule has 0 spiro atoms. The number of aldehydes is 1. The third-order valence-electron chi connectivity index (χ3n) is 3.02. The van der Waals surface area contributed by atoms with Crippen LogP contribution in [0.3, 0.4) is 0 Å². The molecule has 94 valence electrons. The van der Waals surface area contributed by atoms with E-state index in [-0.39, 0.29) is 5.75 Å². The summed E-state index contributed by atoms with van der Waals surface area (Å²) in [6, 6.07) is 5.28. The lowest BCUT2D eigenvalue weighted by molar-refractivity contribution is 0.112. The number of hydrogen-bond donors (Lipinski definition) is 1. The summed E-state index contributed by atoms with van der Waals surface area (Å²) in [5.74, 6) is 0.862. The minimum Gasteiger partial charge on any atom is -0.507 e. The van der Waals surface area contributed by atoms with Crippen molar-refractivity contribution in [3.8, 4) is 5.75 Å². The summed E-state index contributed by atoms with van der Waals surface area (Å²) in [5.41, 5.74) is 1.42. The highest BCUT2D eigenvalue weighted by atomic mass is 16.3. The summed E-state index contributed by atoms with van der Waals surface area (Å²) in [4.78, 5) is 10.9. The van der Waals surface area contributed by atoms with Gasteiger partial charge in [-0.15, -0.1) is 0 Å². The van der Waals surface area contributed by atoms with Gasteiger partial charge in [0.1, 0.15) is 5.75 Å². The van der Waals surface area contributed by atoms with Gasteiger partial charge in [-0.25, -0.2) is 0 Å². The third-order valence-corrected chi connectivity index (χ3v) is 3.02. The van der Waals surface area contributed by atoms with Crippen LogP contribution in [0.5, 0.6) is 5.75 Å². The van der Waals surface area contributed by atoms with E-state index in [1.807, 2.05) is 6.07 Å². The number of benzene rings is 1. The predicted octanol–water partition coefficient (Wildman–Crippen LogP) is 3.96. The van der Waals surface area contributed by atoms with Crippen LogP contribution in [-0.4, -0.2) is 11.4 Å². The number of aromatic hydroxyl groups is 1. The van der Waals surface area contributed by atoms with Gasteiger partial charge in [0.25, 0.3) is 0 Å². The van der Waals surface area contributed by atoms with Crippen LogP contribution in [0.1, 0.15) is 55.5 Å². The Hall–Kier alpha value is -1.31. The van der Waals surface area contributed by atoms with E-state index in [4.69, 9.17) is 0 Å². The normalized spacial score (nSPS) is 10.8. The van der Waals surface area contributed by atoms with Crippen molar-refractivity contribution >= 4 is 6.29 Å². The lowest BCUT2D eigenvalue weighted by Crippen LogP contribution is -1.94. The van der Waals surface area contributed by atoms with Crippen LogP contribution in [0, 0.1) is 5.92 Å². The maximum Gasteiger partial charge on any atom is 0.154 e. The van der Waals surface area contributed by atoms with Gasteiger partial charge in [0.05, 0.1) is 5.56 Å².